The number of nitrogens with one attached hydrogen (secondary N) is 1. The van der Waals surface area contributed by atoms with Gasteiger partial charge >= 0.3 is 0 Å². The molecule has 3 N–H and O–H groups in total. The fourth-order valence-corrected chi connectivity index (χ4v) is 1.74. The lowest BCUT2D eigenvalue weighted by molar-refractivity contribution is 0.0994. The van der Waals surface area contributed by atoms with E-state index in [1.54, 1.807) is 24.3 Å². The van der Waals surface area contributed by atoms with E-state index in [-0.39, 0.29) is 11.7 Å². The normalized spacial score (nSPS) is 10.3. The average Bonchev–Trinajstić information content (AvgIpc) is 2.95. The highest BCUT2D eigenvalue weighted by molar-refractivity contribution is 6.03. The predicted octanol–water partition coefficient (Wildman–Crippen LogP) is 2.43. The number of ether oxygens (including phenoxy) is 1. The molecule has 0 bridgehead atoms. The standard InChI is InChI=1S/C15H18N2O3/c1-2-11-7-8-14(20-11)15(18)17-12-5-3-4-6-13(12)19-10-9-16/h3-8H,2,9-10,16H2,1H3,(H,17,18). The predicted molar refractivity (Wildman–Crippen MR) is 77.0 cm³/mol. The molecule has 0 fully saturated rings. The summed E-state index contributed by atoms with van der Waals surface area (Å²) in [4.78, 5) is 12.1. The molecule has 106 valence electrons. The largest absolute Gasteiger partial charge is 0.490 e. The first kappa shape index (κ1) is 14.1. The number of hydrogen-bond acceptors (Lipinski definition) is 4. The van der Waals surface area contributed by atoms with Crippen LogP contribution in [0.15, 0.2) is 40.8 Å². The second-order valence-corrected chi connectivity index (χ2v) is 4.21. The molecule has 0 aliphatic carbocycles. The third-order valence-corrected chi connectivity index (χ3v) is 2.74. The monoisotopic (exact) mass is 274 g/mol. The minimum atomic E-state index is -0.298. The maximum Gasteiger partial charge on any atom is 0.291 e. The third-order valence-electron chi connectivity index (χ3n) is 2.74. The summed E-state index contributed by atoms with van der Waals surface area (Å²) in [5, 5.41) is 2.77. The minimum absolute atomic E-state index is 0.287. The van der Waals surface area contributed by atoms with Crippen molar-refractivity contribution in [2.45, 2.75) is 13.3 Å². The zero-order valence-electron chi connectivity index (χ0n) is 11.4. The molecule has 1 heterocycles. The Bertz CT molecular complexity index is 578. The Morgan fingerprint density at radius 2 is 2.10 bits per heavy atom. The van der Waals surface area contributed by atoms with Crippen molar-refractivity contribution in [3.8, 4) is 5.75 Å². The summed E-state index contributed by atoms with van der Waals surface area (Å²) in [7, 11) is 0. The first-order valence-corrected chi connectivity index (χ1v) is 6.56. The Hall–Kier alpha value is -2.27. The molecule has 0 saturated carbocycles. The fraction of sp³-hybridized carbons (Fsp3) is 0.267. The van der Waals surface area contributed by atoms with E-state index in [9.17, 15) is 4.79 Å². The number of carbonyl (C=O) groups is 1. The molecule has 5 heteroatoms. The van der Waals surface area contributed by atoms with E-state index in [0.717, 1.165) is 12.2 Å². The van der Waals surface area contributed by atoms with E-state index in [1.165, 1.54) is 0 Å². The number of amides is 1. The van der Waals surface area contributed by atoms with Gasteiger partial charge in [-0.15, -0.1) is 0 Å². The van der Waals surface area contributed by atoms with E-state index in [0.29, 0.717) is 24.6 Å². The smallest absolute Gasteiger partial charge is 0.291 e. The van der Waals surface area contributed by atoms with Crippen LogP contribution in [0, 0.1) is 0 Å². The highest BCUT2D eigenvalue weighted by atomic mass is 16.5. The van der Waals surface area contributed by atoms with Gasteiger partial charge in [-0.3, -0.25) is 4.79 Å². The quantitative estimate of drug-likeness (QED) is 0.848. The molecule has 5 nitrogen and oxygen atoms in total. The van der Waals surface area contributed by atoms with E-state index in [4.69, 9.17) is 14.9 Å². The van der Waals surface area contributed by atoms with Crippen LogP contribution in [0.3, 0.4) is 0 Å². The van der Waals surface area contributed by atoms with Crippen molar-refractivity contribution in [3.05, 3.63) is 47.9 Å². The molecular formula is C15H18N2O3. The molecule has 0 unspecified atom stereocenters. The SMILES string of the molecule is CCc1ccc(C(=O)Nc2ccccc2OCCN)o1. The molecule has 20 heavy (non-hydrogen) atoms. The first-order valence-electron chi connectivity index (χ1n) is 6.56. The Balaban J connectivity index is 2.10. The molecule has 1 amide bonds. The first-order chi connectivity index (χ1) is 9.74. The number of furan rings is 1. The highest BCUT2D eigenvalue weighted by Gasteiger charge is 2.13. The van der Waals surface area contributed by atoms with Crippen LogP contribution in [-0.4, -0.2) is 19.1 Å². The highest BCUT2D eigenvalue weighted by Crippen LogP contribution is 2.24. The molecule has 0 saturated heterocycles. The van der Waals surface area contributed by atoms with Gasteiger partial charge < -0.3 is 20.2 Å². The van der Waals surface area contributed by atoms with Gasteiger partial charge in [-0.2, -0.15) is 0 Å². The van der Waals surface area contributed by atoms with Crippen LogP contribution in [0.4, 0.5) is 5.69 Å². The molecule has 0 aliphatic rings. The van der Waals surface area contributed by atoms with Crippen molar-refractivity contribution in [1.29, 1.82) is 0 Å². The summed E-state index contributed by atoms with van der Waals surface area (Å²) < 4.78 is 10.9. The maximum atomic E-state index is 12.1. The number of aryl methyl sites for hydroxylation is 1. The van der Waals surface area contributed by atoms with Crippen molar-refractivity contribution in [2.24, 2.45) is 5.73 Å². The van der Waals surface area contributed by atoms with Gasteiger partial charge in [0.15, 0.2) is 5.76 Å². The number of para-hydroxylation sites is 2. The van der Waals surface area contributed by atoms with Gasteiger partial charge in [0.1, 0.15) is 18.1 Å². The van der Waals surface area contributed by atoms with Crippen LogP contribution >= 0.6 is 0 Å². The van der Waals surface area contributed by atoms with E-state index >= 15 is 0 Å². The van der Waals surface area contributed by atoms with E-state index < -0.39 is 0 Å². The lowest BCUT2D eigenvalue weighted by Gasteiger charge is -2.10. The Morgan fingerprint density at radius 1 is 1.30 bits per heavy atom. The van der Waals surface area contributed by atoms with Crippen molar-refractivity contribution in [2.75, 3.05) is 18.5 Å². The number of anilines is 1. The Kier molecular flexibility index (Phi) is 4.79. The number of hydrogen-bond donors (Lipinski definition) is 2. The van der Waals surface area contributed by atoms with Crippen molar-refractivity contribution < 1.29 is 13.9 Å². The molecule has 1 aromatic heterocycles. The van der Waals surface area contributed by atoms with Crippen LogP contribution in [0.5, 0.6) is 5.75 Å². The molecule has 0 atom stereocenters. The zero-order chi connectivity index (χ0) is 14.4. The van der Waals surface area contributed by atoms with E-state index in [1.807, 2.05) is 19.1 Å². The zero-order valence-corrected chi connectivity index (χ0v) is 11.4. The molecule has 1 aromatic carbocycles. The average molecular weight is 274 g/mol. The molecular weight excluding hydrogens is 256 g/mol. The second kappa shape index (κ2) is 6.77. The number of rotatable bonds is 6. The number of carbonyl (C=O) groups excluding carboxylic acids is 1. The topological polar surface area (TPSA) is 77.5 Å². The Morgan fingerprint density at radius 3 is 2.80 bits per heavy atom. The van der Waals surface area contributed by atoms with Gasteiger partial charge in [0, 0.05) is 13.0 Å². The minimum Gasteiger partial charge on any atom is -0.490 e. The summed E-state index contributed by atoms with van der Waals surface area (Å²) in [6, 6.07) is 10.7. The van der Waals surface area contributed by atoms with Crippen LogP contribution in [0.1, 0.15) is 23.2 Å². The molecule has 0 aliphatic heterocycles. The fourth-order valence-electron chi connectivity index (χ4n) is 1.74. The summed E-state index contributed by atoms with van der Waals surface area (Å²) in [6.45, 7) is 2.78. The van der Waals surface area contributed by atoms with Gasteiger partial charge in [0.2, 0.25) is 0 Å². The Labute approximate surface area is 117 Å². The van der Waals surface area contributed by atoms with Gasteiger partial charge in [-0.1, -0.05) is 19.1 Å². The molecule has 0 radical (unpaired) electrons. The third kappa shape index (κ3) is 3.39. The van der Waals surface area contributed by atoms with Gasteiger partial charge in [-0.25, -0.2) is 0 Å². The van der Waals surface area contributed by atoms with Crippen LogP contribution in [0.25, 0.3) is 0 Å². The number of nitrogens with two attached hydrogens (primary N) is 1. The van der Waals surface area contributed by atoms with E-state index in [2.05, 4.69) is 5.32 Å². The van der Waals surface area contributed by atoms with Crippen molar-refractivity contribution in [1.82, 2.24) is 0 Å². The summed E-state index contributed by atoms with van der Waals surface area (Å²) in [5.74, 6) is 1.36. The molecule has 0 spiro atoms. The van der Waals surface area contributed by atoms with Crippen LogP contribution < -0.4 is 15.8 Å². The van der Waals surface area contributed by atoms with Gasteiger partial charge in [-0.05, 0) is 24.3 Å². The lowest BCUT2D eigenvalue weighted by atomic mass is 10.3. The van der Waals surface area contributed by atoms with Crippen molar-refractivity contribution >= 4 is 11.6 Å². The van der Waals surface area contributed by atoms with Crippen LogP contribution in [0.2, 0.25) is 0 Å². The van der Waals surface area contributed by atoms with Crippen LogP contribution in [-0.2, 0) is 6.42 Å². The van der Waals surface area contributed by atoms with Gasteiger partial charge in [0.05, 0.1) is 5.69 Å². The van der Waals surface area contributed by atoms with Gasteiger partial charge in [0.25, 0.3) is 5.91 Å². The molecule has 2 rings (SSSR count). The van der Waals surface area contributed by atoms with Crippen molar-refractivity contribution in [3.63, 3.8) is 0 Å². The maximum absolute atomic E-state index is 12.1. The summed E-state index contributed by atoms with van der Waals surface area (Å²) in [6.07, 6.45) is 0.753. The summed E-state index contributed by atoms with van der Waals surface area (Å²) in [5.41, 5.74) is 6.01. The summed E-state index contributed by atoms with van der Waals surface area (Å²) >= 11 is 0. The molecule has 2 aromatic rings. The lowest BCUT2D eigenvalue weighted by Crippen LogP contribution is -2.14. The second-order valence-electron chi connectivity index (χ2n) is 4.21. The number of benzene rings is 1.